The van der Waals surface area contributed by atoms with Crippen LogP contribution in [0.25, 0.3) is 0 Å². The molecule has 1 aromatic rings. The number of likely N-dealkylation sites (N-methyl/N-ethyl adjacent to an activating group) is 2. The molecule has 1 N–H and O–H groups in total. The topological polar surface area (TPSA) is 32.3 Å². The van der Waals surface area contributed by atoms with Gasteiger partial charge in [-0.3, -0.25) is 9.69 Å². The van der Waals surface area contributed by atoms with E-state index in [4.69, 9.17) is 11.6 Å². The lowest BCUT2D eigenvalue weighted by molar-refractivity contribution is -0.125. The van der Waals surface area contributed by atoms with Crippen molar-refractivity contribution in [1.29, 1.82) is 0 Å². The van der Waals surface area contributed by atoms with Crippen molar-refractivity contribution in [3.63, 3.8) is 0 Å². The molecule has 0 aliphatic rings. The fourth-order valence-electron chi connectivity index (χ4n) is 1.47. The summed E-state index contributed by atoms with van der Waals surface area (Å²) in [6, 6.07) is 7.51. The third kappa shape index (κ3) is 3.51. The van der Waals surface area contributed by atoms with Crippen LogP contribution in [-0.4, -0.2) is 30.9 Å². The van der Waals surface area contributed by atoms with E-state index in [-0.39, 0.29) is 11.9 Å². The van der Waals surface area contributed by atoms with Crippen molar-refractivity contribution in [2.45, 2.75) is 19.5 Å². The smallest absolute Gasteiger partial charge is 0.236 e. The van der Waals surface area contributed by atoms with Gasteiger partial charge in [-0.25, -0.2) is 0 Å². The quantitative estimate of drug-likeness (QED) is 0.872. The second kappa shape index (κ2) is 5.87. The third-order valence-corrected chi connectivity index (χ3v) is 2.84. The molecule has 16 heavy (non-hydrogen) atoms. The van der Waals surface area contributed by atoms with Crippen molar-refractivity contribution in [2.75, 3.05) is 14.1 Å². The van der Waals surface area contributed by atoms with Crippen molar-refractivity contribution >= 4 is 17.5 Å². The highest BCUT2D eigenvalue weighted by Crippen LogP contribution is 2.13. The zero-order valence-electron chi connectivity index (χ0n) is 9.83. The summed E-state index contributed by atoms with van der Waals surface area (Å²) in [6.45, 7) is 2.58. The number of rotatable bonds is 4. The highest BCUT2D eigenvalue weighted by Gasteiger charge is 2.16. The number of carbonyl (C=O) groups is 1. The van der Waals surface area contributed by atoms with Crippen molar-refractivity contribution < 1.29 is 4.79 Å². The van der Waals surface area contributed by atoms with E-state index in [1.807, 2.05) is 43.1 Å². The van der Waals surface area contributed by atoms with Gasteiger partial charge in [-0.1, -0.05) is 23.7 Å². The summed E-state index contributed by atoms with van der Waals surface area (Å²) in [6.07, 6.45) is 0. The maximum atomic E-state index is 11.4. The molecule has 0 fully saturated rings. The zero-order chi connectivity index (χ0) is 12.1. The highest BCUT2D eigenvalue weighted by atomic mass is 35.5. The molecule has 0 radical (unpaired) electrons. The monoisotopic (exact) mass is 240 g/mol. The van der Waals surface area contributed by atoms with Gasteiger partial charge >= 0.3 is 0 Å². The Kier molecular flexibility index (Phi) is 4.77. The van der Waals surface area contributed by atoms with E-state index in [9.17, 15) is 4.79 Å². The molecule has 3 nitrogen and oxygen atoms in total. The number of halogens is 1. The molecular weight excluding hydrogens is 224 g/mol. The van der Waals surface area contributed by atoms with Crippen molar-refractivity contribution in [3.05, 3.63) is 34.9 Å². The normalized spacial score (nSPS) is 12.6. The highest BCUT2D eigenvalue weighted by molar-refractivity contribution is 6.30. The van der Waals surface area contributed by atoms with Crippen molar-refractivity contribution in [1.82, 2.24) is 10.2 Å². The van der Waals surface area contributed by atoms with Gasteiger partial charge in [0.1, 0.15) is 0 Å². The third-order valence-electron chi connectivity index (χ3n) is 2.61. The number of benzene rings is 1. The molecule has 0 aliphatic heterocycles. The zero-order valence-corrected chi connectivity index (χ0v) is 10.6. The molecule has 0 spiro atoms. The molecule has 0 saturated heterocycles. The Bertz CT molecular complexity index is 368. The minimum absolute atomic E-state index is 0.0181. The SMILES string of the molecule is CNC(=O)[C@H](C)N(C)Cc1cccc(Cl)c1. The van der Waals surface area contributed by atoms with Gasteiger partial charge in [0.15, 0.2) is 0 Å². The summed E-state index contributed by atoms with van der Waals surface area (Å²) in [7, 11) is 3.56. The lowest BCUT2D eigenvalue weighted by Gasteiger charge is -2.23. The number of nitrogens with one attached hydrogen (secondary N) is 1. The second-order valence-electron chi connectivity index (χ2n) is 3.84. The van der Waals surface area contributed by atoms with Gasteiger partial charge in [-0.15, -0.1) is 0 Å². The first-order valence-corrected chi connectivity index (χ1v) is 5.58. The van der Waals surface area contributed by atoms with Crippen LogP contribution in [0.1, 0.15) is 12.5 Å². The molecule has 0 saturated carbocycles. The number of hydrogen-bond donors (Lipinski definition) is 1. The summed E-state index contributed by atoms with van der Waals surface area (Å²) in [4.78, 5) is 13.4. The van der Waals surface area contributed by atoms with Crippen LogP contribution in [0.2, 0.25) is 5.02 Å². The van der Waals surface area contributed by atoms with Crippen LogP contribution >= 0.6 is 11.6 Å². The van der Waals surface area contributed by atoms with Crippen LogP contribution < -0.4 is 5.32 Å². The maximum absolute atomic E-state index is 11.4. The van der Waals surface area contributed by atoms with Gasteiger partial charge in [0.25, 0.3) is 0 Å². The average Bonchev–Trinajstić information content (AvgIpc) is 2.27. The molecule has 4 heteroatoms. The van der Waals surface area contributed by atoms with Crippen molar-refractivity contribution in [2.24, 2.45) is 0 Å². The summed E-state index contributed by atoms with van der Waals surface area (Å²) >= 11 is 5.90. The molecule has 88 valence electrons. The standard InChI is InChI=1S/C12H17ClN2O/c1-9(12(16)14-2)15(3)8-10-5-4-6-11(13)7-10/h4-7,9H,8H2,1-3H3,(H,14,16)/t9-/m0/s1. The first-order chi connectivity index (χ1) is 7.54. The lowest BCUT2D eigenvalue weighted by atomic mass is 10.2. The van der Waals surface area contributed by atoms with Gasteiger partial charge in [0, 0.05) is 18.6 Å². The Morgan fingerprint density at radius 1 is 1.56 bits per heavy atom. The Morgan fingerprint density at radius 2 is 2.25 bits per heavy atom. The molecular formula is C12H17ClN2O. The molecule has 1 rings (SSSR count). The largest absolute Gasteiger partial charge is 0.358 e. The van der Waals surface area contributed by atoms with Gasteiger partial charge < -0.3 is 5.32 Å². The molecule has 0 aliphatic carbocycles. The molecule has 1 atom stereocenters. The average molecular weight is 241 g/mol. The first kappa shape index (κ1) is 13.0. The molecule has 0 aromatic heterocycles. The predicted molar refractivity (Wildman–Crippen MR) is 66.4 cm³/mol. The van der Waals surface area contributed by atoms with Gasteiger partial charge in [-0.2, -0.15) is 0 Å². The van der Waals surface area contributed by atoms with E-state index in [1.165, 1.54) is 0 Å². The molecule has 0 heterocycles. The molecule has 1 amide bonds. The van der Waals surface area contributed by atoms with Crippen LogP contribution in [0.4, 0.5) is 0 Å². The summed E-state index contributed by atoms with van der Waals surface area (Å²) in [5.41, 5.74) is 1.10. The Balaban J connectivity index is 2.64. The van der Waals surface area contributed by atoms with E-state index in [1.54, 1.807) is 7.05 Å². The Morgan fingerprint density at radius 3 is 2.81 bits per heavy atom. The van der Waals surface area contributed by atoms with E-state index in [2.05, 4.69) is 5.32 Å². The molecule has 1 aromatic carbocycles. The van der Waals surface area contributed by atoms with Gasteiger partial charge in [0.2, 0.25) is 5.91 Å². The lowest BCUT2D eigenvalue weighted by Crippen LogP contribution is -2.41. The minimum Gasteiger partial charge on any atom is -0.358 e. The van der Waals surface area contributed by atoms with Gasteiger partial charge in [-0.05, 0) is 31.7 Å². The van der Waals surface area contributed by atoms with E-state index in [0.717, 1.165) is 10.6 Å². The predicted octanol–water partition coefficient (Wildman–Crippen LogP) is 1.91. The van der Waals surface area contributed by atoms with Gasteiger partial charge in [0.05, 0.1) is 6.04 Å². The first-order valence-electron chi connectivity index (χ1n) is 5.21. The minimum atomic E-state index is -0.149. The second-order valence-corrected chi connectivity index (χ2v) is 4.27. The maximum Gasteiger partial charge on any atom is 0.236 e. The van der Waals surface area contributed by atoms with Crippen LogP contribution in [0.15, 0.2) is 24.3 Å². The Labute approximate surface area is 101 Å². The molecule has 0 bridgehead atoms. The van der Waals surface area contributed by atoms with Crippen LogP contribution in [0, 0.1) is 0 Å². The summed E-state index contributed by atoms with van der Waals surface area (Å²) in [5.74, 6) is 0.0181. The van der Waals surface area contributed by atoms with Crippen LogP contribution in [0.3, 0.4) is 0 Å². The van der Waals surface area contributed by atoms with Crippen LogP contribution in [0.5, 0.6) is 0 Å². The van der Waals surface area contributed by atoms with E-state index >= 15 is 0 Å². The van der Waals surface area contributed by atoms with Crippen molar-refractivity contribution in [3.8, 4) is 0 Å². The number of amides is 1. The number of hydrogen-bond acceptors (Lipinski definition) is 2. The van der Waals surface area contributed by atoms with Crippen LogP contribution in [-0.2, 0) is 11.3 Å². The molecule has 0 unspecified atom stereocenters. The number of nitrogens with zero attached hydrogens (tertiary/aromatic N) is 1. The number of carbonyl (C=O) groups excluding carboxylic acids is 1. The summed E-state index contributed by atoms with van der Waals surface area (Å²) in [5, 5.41) is 3.36. The van der Waals surface area contributed by atoms with E-state index in [0.29, 0.717) is 6.54 Å². The van der Waals surface area contributed by atoms with E-state index < -0.39 is 0 Å². The fourth-order valence-corrected chi connectivity index (χ4v) is 1.68. The Hall–Kier alpha value is -1.06. The fraction of sp³-hybridized carbons (Fsp3) is 0.417. The summed E-state index contributed by atoms with van der Waals surface area (Å²) < 4.78 is 0.